The van der Waals surface area contributed by atoms with E-state index < -0.39 is 23.0 Å². The van der Waals surface area contributed by atoms with Gasteiger partial charge in [-0.15, -0.1) is 0 Å². The molecule has 0 bridgehead atoms. The number of hydrogen-bond donors (Lipinski definition) is 3. The van der Waals surface area contributed by atoms with E-state index in [0.29, 0.717) is 39.7 Å². The number of hydrogen-bond acceptors (Lipinski definition) is 6. The molecule has 5 aromatic rings. The highest BCUT2D eigenvalue weighted by Gasteiger charge is 2.47. The summed E-state index contributed by atoms with van der Waals surface area (Å²) >= 11 is 0. The zero-order valence-corrected chi connectivity index (χ0v) is 21.9. The molecule has 3 aromatic carbocycles. The van der Waals surface area contributed by atoms with Crippen LogP contribution in [0, 0.1) is 11.6 Å². The van der Waals surface area contributed by atoms with Gasteiger partial charge in [-0.25, -0.2) is 18.7 Å². The summed E-state index contributed by atoms with van der Waals surface area (Å²) < 4.78 is 30.1. The van der Waals surface area contributed by atoms with Crippen LogP contribution in [0.3, 0.4) is 0 Å². The number of amides is 1. The van der Waals surface area contributed by atoms with Crippen LogP contribution in [0.2, 0.25) is 0 Å². The summed E-state index contributed by atoms with van der Waals surface area (Å²) in [5, 5.41) is 17.0. The number of aliphatic carboxylic acids is 1. The molecule has 11 heteroatoms. The van der Waals surface area contributed by atoms with Gasteiger partial charge in [0.15, 0.2) is 5.82 Å². The number of carboxylic acid groups (broad SMARTS) is 1. The lowest BCUT2D eigenvalue weighted by Crippen LogP contribution is -2.33. The van der Waals surface area contributed by atoms with Crippen molar-refractivity contribution in [1.82, 2.24) is 19.7 Å². The Balaban J connectivity index is 1.44. The summed E-state index contributed by atoms with van der Waals surface area (Å²) in [4.78, 5) is 33.6. The molecule has 2 aromatic heterocycles. The predicted octanol–water partition coefficient (Wildman–Crippen LogP) is 4.68. The van der Waals surface area contributed by atoms with Gasteiger partial charge in [-0.2, -0.15) is 5.10 Å². The molecule has 0 unspecified atom stereocenters. The summed E-state index contributed by atoms with van der Waals surface area (Å²) in [6.45, 7) is 1.76. The number of fused-ring (bicyclic) bond motifs is 2. The van der Waals surface area contributed by atoms with E-state index in [-0.39, 0.29) is 36.3 Å². The molecule has 1 aliphatic heterocycles. The third kappa shape index (κ3) is 4.45. The standard InChI is InChI=1S/C30H24F2N6O3/c1-30(18-7-4-5-16(13-18)9-12-23(39)40)24-26(33)34-28(35-27(24)36-29(30)41)25-20-11-10-19(31)14-22(20)38(37-25)15-17-6-2-3-8-21(17)32/h2-8,10-11,13-14H,9,12,15H2,1H3,(H,39,40)(H3,33,34,35,36,41)/t30-/m1/s1. The van der Waals surface area contributed by atoms with Crippen molar-refractivity contribution in [2.45, 2.75) is 31.7 Å². The number of carbonyl (C=O) groups is 2. The topological polar surface area (TPSA) is 136 Å². The molecule has 1 aliphatic rings. The van der Waals surface area contributed by atoms with Gasteiger partial charge in [0, 0.05) is 17.4 Å². The molecule has 1 atom stereocenters. The van der Waals surface area contributed by atoms with Gasteiger partial charge in [0.25, 0.3) is 0 Å². The van der Waals surface area contributed by atoms with E-state index in [1.165, 1.54) is 22.9 Å². The van der Waals surface area contributed by atoms with Gasteiger partial charge in [0.2, 0.25) is 5.91 Å². The molecule has 0 spiro atoms. The number of anilines is 2. The van der Waals surface area contributed by atoms with Crippen molar-refractivity contribution in [2.24, 2.45) is 0 Å². The van der Waals surface area contributed by atoms with Gasteiger partial charge in [0.1, 0.15) is 34.4 Å². The number of aromatic nitrogens is 4. The van der Waals surface area contributed by atoms with Gasteiger partial charge in [0.05, 0.1) is 17.6 Å². The highest BCUT2D eigenvalue weighted by Crippen LogP contribution is 2.45. The first kappa shape index (κ1) is 26.1. The van der Waals surface area contributed by atoms with E-state index >= 15 is 0 Å². The van der Waals surface area contributed by atoms with Crippen molar-refractivity contribution in [3.63, 3.8) is 0 Å². The Bertz CT molecular complexity index is 1870. The number of halogens is 2. The number of benzene rings is 3. The van der Waals surface area contributed by atoms with Crippen LogP contribution < -0.4 is 11.1 Å². The number of aryl methyl sites for hydroxylation is 1. The van der Waals surface area contributed by atoms with E-state index in [1.54, 1.807) is 55.5 Å². The van der Waals surface area contributed by atoms with Crippen molar-refractivity contribution in [3.8, 4) is 11.5 Å². The molecule has 0 saturated heterocycles. The molecule has 3 heterocycles. The number of nitrogen functional groups attached to an aromatic ring is 1. The average molecular weight is 555 g/mol. The monoisotopic (exact) mass is 554 g/mol. The second-order valence-electron chi connectivity index (χ2n) is 10.1. The summed E-state index contributed by atoms with van der Waals surface area (Å²) in [5.74, 6) is -1.79. The third-order valence-corrected chi connectivity index (χ3v) is 7.46. The smallest absolute Gasteiger partial charge is 0.303 e. The number of nitrogens with zero attached hydrogens (tertiary/aromatic N) is 4. The summed E-state index contributed by atoms with van der Waals surface area (Å²) in [6, 6.07) is 17.5. The Labute approximate surface area is 232 Å². The number of carboxylic acids is 1. The minimum Gasteiger partial charge on any atom is -0.481 e. The van der Waals surface area contributed by atoms with Crippen molar-refractivity contribution in [2.75, 3.05) is 11.1 Å². The Morgan fingerprint density at radius 2 is 1.88 bits per heavy atom. The third-order valence-electron chi connectivity index (χ3n) is 7.46. The minimum absolute atomic E-state index is 0.0417. The maximum absolute atomic E-state index is 14.4. The molecule has 0 aliphatic carbocycles. The molecule has 0 radical (unpaired) electrons. The highest BCUT2D eigenvalue weighted by molar-refractivity contribution is 6.09. The molecule has 41 heavy (non-hydrogen) atoms. The predicted molar refractivity (Wildman–Crippen MR) is 148 cm³/mol. The zero-order chi connectivity index (χ0) is 28.9. The van der Waals surface area contributed by atoms with Gasteiger partial charge >= 0.3 is 5.97 Å². The lowest BCUT2D eigenvalue weighted by molar-refractivity contribution is -0.137. The first-order chi connectivity index (χ1) is 19.6. The number of nitrogens with one attached hydrogen (secondary N) is 1. The Morgan fingerprint density at radius 1 is 1.07 bits per heavy atom. The van der Waals surface area contributed by atoms with Gasteiger partial charge in [-0.05, 0) is 48.7 Å². The summed E-state index contributed by atoms with van der Waals surface area (Å²) in [6.07, 6.45) is 0.265. The van der Waals surface area contributed by atoms with Crippen LogP contribution in [0.15, 0.2) is 66.7 Å². The quantitative estimate of drug-likeness (QED) is 0.266. The first-order valence-corrected chi connectivity index (χ1v) is 12.9. The van der Waals surface area contributed by atoms with Crippen molar-refractivity contribution < 1.29 is 23.5 Å². The van der Waals surface area contributed by atoms with E-state index in [2.05, 4.69) is 20.4 Å². The molecule has 4 N–H and O–H groups in total. The Hall–Kier alpha value is -5.19. The van der Waals surface area contributed by atoms with Crippen LogP contribution >= 0.6 is 0 Å². The van der Waals surface area contributed by atoms with Crippen molar-refractivity contribution in [3.05, 3.63) is 101 Å². The first-order valence-electron chi connectivity index (χ1n) is 12.9. The highest BCUT2D eigenvalue weighted by atomic mass is 19.1. The zero-order valence-electron chi connectivity index (χ0n) is 21.9. The maximum Gasteiger partial charge on any atom is 0.303 e. The molecule has 9 nitrogen and oxygen atoms in total. The van der Waals surface area contributed by atoms with Crippen LogP contribution in [-0.2, 0) is 28.0 Å². The lowest BCUT2D eigenvalue weighted by Gasteiger charge is -2.24. The molecule has 6 rings (SSSR count). The SMILES string of the molecule is C[C@]1(c2cccc(CCC(=O)O)c2)C(=O)Nc2nc(-c3nn(Cc4ccccc4F)c4cc(F)ccc34)nc(N)c21. The fourth-order valence-electron chi connectivity index (χ4n) is 5.30. The van der Waals surface area contributed by atoms with E-state index in [9.17, 15) is 18.4 Å². The summed E-state index contributed by atoms with van der Waals surface area (Å²) in [5.41, 5.74) is 8.10. The lowest BCUT2D eigenvalue weighted by atomic mass is 9.77. The van der Waals surface area contributed by atoms with Crippen LogP contribution in [-0.4, -0.2) is 36.7 Å². The Morgan fingerprint density at radius 3 is 2.66 bits per heavy atom. The molecular weight excluding hydrogens is 530 g/mol. The van der Waals surface area contributed by atoms with E-state index in [4.69, 9.17) is 10.8 Å². The molecule has 206 valence electrons. The average Bonchev–Trinajstić information content (AvgIpc) is 3.43. The fraction of sp³-hybridized carbons (Fsp3) is 0.167. The number of nitrogens with two attached hydrogens (primary N) is 1. The summed E-state index contributed by atoms with van der Waals surface area (Å²) in [7, 11) is 0. The number of rotatable bonds is 7. The van der Waals surface area contributed by atoms with Crippen LogP contribution in [0.4, 0.5) is 20.4 Å². The molecule has 0 fully saturated rings. The largest absolute Gasteiger partial charge is 0.481 e. The van der Waals surface area contributed by atoms with Crippen molar-refractivity contribution >= 4 is 34.4 Å². The second kappa shape index (κ2) is 9.77. The molecule has 1 amide bonds. The van der Waals surface area contributed by atoms with Gasteiger partial charge < -0.3 is 16.2 Å². The normalized spacial score (nSPS) is 16.1. The van der Waals surface area contributed by atoms with Gasteiger partial charge in [-0.3, -0.25) is 14.3 Å². The van der Waals surface area contributed by atoms with Gasteiger partial charge in [-0.1, -0.05) is 42.5 Å². The second-order valence-corrected chi connectivity index (χ2v) is 10.1. The number of carbonyl (C=O) groups excluding carboxylic acids is 1. The van der Waals surface area contributed by atoms with E-state index in [0.717, 1.165) is 5.56 Å². The van der Waals surface area contributed by atoms with Crippen molar-refractivity contribution in [1.29, 1.82) is 0 Å². The maximum atomic E-state index is 14.4. The fourth-order valence-corrected chi connectivity index (χ4v) is 5.30. The van der Waals surface area contributed by atoms with Crippen LogP contribution in [0.5, 0.6) is 0 Å². The Kier molecular flexibility index (Phi) is 6.21. The minimum atomic E-state index is -1.23. The van der Waals surface area contributed by atoms with Crippen LogP contribution in [0.1, 0.15) is 35.6 Å². The van der Waals surface area contributed by atoms with E-state index in [1.807, 2.05) is 0 Å². The molecular formula is C30H24F2N6O3. The molecule has 0 saturated carbocycles. The van der Waals surface area contributed by atoms with Crippen LogP contribution in [0.25, 0.3) is 22.4 Å².